The number of nitrogens with one attached hydrogen (secondary N) is 1. The molecule has 0 saturated carbocycles. The highest BCUT2D eigenvalue weighted by Gasteiger charge is 2.37. The summed E-state index contributed by atoms with van der Waals surface area (Å²) in [5, 5.41) is 39.8. The van der Waals surface area contributed by atoms with Crippen molar-refractivity contribution in [3.63, 3.8) is 0 Å². The first-order valence-corrected chi connectivity index (χ1v) is 5.36. The Morgan fingerprint density at radius 3 is 2.52 bits per heavy atom. The van der Waals surface area contributed by atoms with E-state index in [-0.39, 0.29) is 11.3 Å². The van der Waals surface area contributed by atoms with Crippen molar-refractivity contribution in [1.82, 2.24) is 5.06 Å². The summed E-state index contributed by atoms with van der Waals surface area (Å²) in [4.78, 5) is 23.7. The van der Waals surface area contributed by atoms with Gasteiger partial charge in [0, 0.05) is 6.20 Å². The minimum Gasteiger partial charge on any atom is -0.393 e. The van der Waals surface area contributed by atoms with E-state index in [0.717, 1.165) is 12.4 Å². The van der Waals surface area contributed by atoms with E-state index in [4.69, 9.17) is 11.1 Å². The maximum atomic E-state index is 10.9. The van der Waals surface area contributed by atoms with Gasteiger partial charge in [0.25, 0.3) is 5.70 Å². The topological polar surface area (TPSA) is 172 Å². The first kappa shape index (κ1) is 14.1. The lowest BCUT2D eigenvalue weighted by molar-refractivity contribution is -0.430. The fraction of sp³-hybridized carbons (Fsp3) is 0. The van der Waals surface area contributed by atoms with Crippen LogP contribution in [0, 0.1) is 25.6 Å². The average molecular weight is 292 g/mol. The van der Waals surface area contributed by atoms with Gasteiger partial charge in [0.05, 0.1) is 39.6 Å². The van der Waals surface area contributed by atoms with Crippen LogP contribution in [0.1, 0.15) is 0 Å². The van der Waals surface area contributed by atoms with Crippen LogP contribution in [0.25, 0.3) is 0 Å². The molecule has 0 aromatic carbocycles. The molecule has 0 atom stereocenters. The van der Waals surface area contributed by atoms with Crippen molar-refractivity contribution < 1.29 is 15.1 Å². The van der Waals surface area contributed by atoms with Crippen molar-refractivity contribution in [2.75, 3.05) is 0 Å². The van der Waals surface area contributed by atoms with Crippen LogP contribution < -0.4 is 5.73 Å². The molecule has 11 nitrogen and oxygen atoms in total. The zero-order valence-electron chi connectivity index (χ0n) is 10.3. The van der Waals surface area contributed by atoms with Crippen molar-refractivity contribution in [2.24, 2.45) is 10.7 Å². The lowest BCUT2D eigenvalue weighted by Gasteiger charge is -2.21. The second-order valence-electron chi connectivity index (χ2n) is 3.90. The lowest BCUT2D eigenvalue weighted by atomic mass is 9.95. The van der Waals surface area contributed by atoms with Gasteiger partial charge in [-0.3, -0.25) is 35.8 Å². The Morgan fingerprint density at radius 2 is 2.00 bits per heavy atom. The van der Waals surface area contributed by atoms with Crippen LogP contribution in [0.2, 0.25) is 0 Å². The molecule has 108 valence electrons. The summed E-state index contributed by atoms with van der Waals surface area (Å²) < 4.78 is 0. The fourth-order valence-electron chi connectivity index (χ4n) is 1.77. The van der Waals surface area contributed by atoms with Gasteiger partial charge in [0.2, 0.25) is 0 Å². The summed E-state index contributed by atoms with van der Waals surface area (Å²) in [6, 6.07) is 0. The Labute approximate surface area is 116 Å². The van der Waals surface area contributed by atoms with Crippen molar-refractivity contribution in [3.8, 4) is 0 Å². The predicted molar refractivity (Wildman–Crippen MR) is 69.3 cm³/mol. The van der Waals surface area contributed by atoms with Crippen molar-refractivity contribution in [2.45, 2.75) is 0 Å². The Hall–Kier alpha value is -3.34. The van der Waals surface area contributed by atoms with Crippen molar-refractivity contribution >= 4 is 11.9 Å². The number of aliphatic imine (C=N–C) groups is 1. The summed E-state index contributed by atoms with van der Waals surface area (Å²) in [7, 11) is 0. The molecule has 0 unspecified atom stereocenters. The average Bonchev–Trinajstić information content (AvgIpc) is 2.40. The van der Waals surface area contributed by atoms with Crippen LogP contribution in [0.3, 0.4) is 0 Å². The molecule has 0 bridgehead atoms. The molecule has 0 spiro atoms. The Morgan fingerprint density at radius 1 is 1.33 bits per heavy atom. The largest absolute Gasteiger partial charge is 0.393 e. The van der Waals surface area contributed by atoms with Gasteiger partial charge in [-0.05, 0) is 0 Å². The molecular weight excluding hydrogens is 284 g/mol. The fourth-order valence-corrected chi connectivity index (χ4v) is 1.77. The second-order valence-corrected chi connectivity index (χ2v) is 3.90. The van der Waals surface area contributed by atoms with E-state index in [1.807, 2.05) is 0 Å². The summed E-state index contributed by atoms with van der Waals surface area (Å²) in [5.41, 5.74) is 2.46. The Bertz CT molecular complexity index is 713. The second kappa shape index (κ2) is 4.97. The minimum absolute atomic E-state index is 0.174. The van der Waals surface area contributed by atoms with Gasteiger partial charge >= 0.3 is 5.70 Å². The molecule has 0 fully saturated rings. The highest BCUT2D eigenvalue weighted by Crippen LogP contribution is 2.28. The third-order valence-electron chi connectivity index (χ3n) is 2.71. The highest BCUT2D eigenvalue weighted by molar-refractivity contribution is 6.15. The molecular formula is C10H8N6O5. The van der Waals surface area contributed by atoms with Crippen LogP contribution >= 0.6 is 0 Å². The van der Waals surface area contributed by atoms with Crippen LogP contribution in [0.15, 0.2) is 51.8 Å². The number of nitrogens with zero attached hydrogens (tertiary/aromatic N) is 4. The van der Waals surface area contributed by atoms with Crippen molar-refractivity contribution in [1.29, 1.82) is 5.41 Å². The molecule has 2 aliphatic rings. The summed E-state index contributed by atoms with van der Waals surface area (Å²) in [6.07, 6.45) is 4.00. The minimum atomic E-state index is -0.934. The normalized spacial score (nSPS) is 21.7. The van der Waals surface area contributed by atoms with E-state index in [9.17, 15) is 25.4 Å². The molecule has 0 saturated heterocycles. The van der Waals surface area contributed by atoms with Crippen LogP contribution in [-0.2, 0) is 0 Å². The molecule has 0 aromatic heterocycles. The molecule has 0 amide bonds. The number of hydrogen-bond acceptors (Lipinski definition) is 9. The summed E-state index contributed by atoms with van der Waals surface area (Å²) in [6.45, 7) is 0. The van der Waals surface area contributed by atoms with Gasteiger partial charge in [-0.15, -0.1) is 0 Å². The summed E-state index contributed by atoms with van der Waals surface area (Å²) >= 11 is 0. The number of rotatable bonds is 2. The van der Waals surface area contributed by atoms with Gasteiger partial charge in [-0.2, -0.15) is 0 Å². The molecule has 4 N–H and O–H groups in total. The van der Waals surface area contributed by atoms with Gasteiger partial charge in [0.1, 0.15) is 11.4 Å². The first-order valence-electron chi connectivity index (χ1n) is 5.36. The molecule has 0 radical (unpaired) electrons. The number of nitrogens with two attached hydrogens (primary N) is 1. The maximum absolute atomic E-state index is 10.9. The monoisotopic (exact) mass is 292 g/mol. The van der Waals surface area contributed by atoms with Crippen LogP contribution in [0.5, 0.6) is 0 Å². The molecule has 0 aromatic rings. The molecule has 21 heavy (non-hydrogen) atoms. The quantitative estimate of drug-likeness (QED) is 0.479. The van der Waals surface area contributed by atoms with Gasteiger partial charge in [-0.1, -0.05) is 0 Å². The number of nitro groups is 2. The first-order chi connectivity index (χ1) is 9.84. The van der Waals surface area contributed by atoms with E-state index >= 15 is 0 Å². The van der Waals surface area contributed by atoms with E-state index in [1.54, 1.807) is 0 Å². The summed E-state index contributed by atoms with van der Waals surface area (Å²) in [5.74, 6) is 0. The van der Waals surface area contributed by atoms with Gasteiger partial charge in [-0.25, -0.2) is 5.06 Å². The van der Waals surface area contributed by atoms with E-state index in [2.05, 4.69) is 4.99 Å². The maximum Gasteiger partial charge on any atom is 0.301 e. The smallest absolute Gasteiger partial charge is 0.301 e. The zero-order chi connectivity index (χ0) is 15.7. The zero-order valence-corrected chi connectivity index (χ0v) is 10.3. The van der Waals surface area contributed by atoms with E-state index < -0.39 is 32.6 Å². The molecule has 11 heteroatoms. The molecule has 2 rings (SSSR count). The predicted octanol–water partition coefficient (Wildman–Crippen LogP) is 0.128. The third-order valence-corrected chi connectivity index (χ3v) is 2.71. The Kier molecular flexibility index (Phi) is 3.33. The SMILES string of the molecule is N=C1C([N+](=O)[O-])=CC([N+](=O)[O-])=C(N)C1=C1C=NC=CN1O. The van der Waals surface area contributed by atoms with Crippen LogP contribution in [-0.4, -0.2) is 32.0 Å². The number of allylic oxidation sites excluding steroid dienone is 4. The molecule has 1 aliphatic heterocycles. The Balaban J connectivity index is 2.75. The number of hydrogen-bond donors (Lipinski definition) is 3. The lowest BCUT2D eigenvalue weighted by Crippen LogP contribution is -2.30. The van der Waals surface area contributed by atoms with Crippen LogP contribution in [0.4, 0.5) is 0 Å². The highest BCUT2D eigenvalue weighted by atomic mass is 16.6. The standard InChI is InChI=1S/C10H8N6O5/c11-9-5(15(18)19)3-6(16(20)21)10(12)8(9)7-4-13-1-2-14(7)17/h1-4,11,17H,12H2. The van der Waals surface area contributed by atoms with E-state index in [0.29, 0.717) is 11.1 Å². The van der Waals surface area contributed by atoms with Gasteiger partial charge in [0.15, 0.2) is 0 Å². The van der Waals surface area contributed by atoms with E-state index in [1.165, 1.54) is 6.20 Å². The molecule has 1 heterocycles. The van der Waals surface area contributed by atoms with Crippen molar-refractivity contribution in [3.05, 3.63) is 67.1 Å². The number of hydroxylamine groups is 2. The third kappa shape index (κ3) is 2.28. The molecule has 1 aliphatic carbocycles. The van der Waals surface area contributed by atoms with Gasteiger partial charge < -0.3 is 5.73 Å².